The van der Waals surface area contributed by atoms with Gasteiger partial charge < -0.3 is 26.6 Å². The van der Waals surface area contributed by atoms with Crippen LogP contribution in [-0.4, -0.2) is 33.9 Å². The Labute approximate surface area is 199 Å². The number of nitrogens with zero attached hydrogens (tertiary/aromatic N) is 2. The number of allylic oxidation sites excluding steroid dienone is 1. The molecule has 1 aliphatic heterocycles. The summed E-state index contributed by atoms with van der Waals surface area (Å²) in [5.41, 5.74) is 14.0. The molecule has 1 amide bonds. The first-order valence-corrected chi connectivity index (χ1v) is 11.6. The zero-order chi connectivity index (χ0) is 24.1. The van der Waals surface area contributed by atoms with Crippen LogP contribution >= 0.6 is 0 Å². The molecular formula is C26H31N5O3. The first-order valence-electron chi connectivity index (χ1n) is 11.6. The Hall–Kier alpha value is -3.49. The fraction of sp³-hybridized carbons (Fsp3) is 0.346. The highest BCUT2D eigenvalue weighted by Crippen LogP contribution is 2.42. The minimum Gasteiger partial charge on any atom is -0.393 e. The largest absolute Gasteiger partial charge is 0.393 e. The van der Waals surface area contributed by atoms with Crippen molar-refractivity contribution in [2.45, 2.75) is 50.4 Å². The summed E-state index contributed by atoms with van der Waals surface area (Å²) >= 11 is 0. The Morgan fingerprint density at radius 1 is 1.21 bits per heavy atom. The van der Waals surface area contributed by atoms with Crippen molar-refractivity contribution < 1.29 is 14.6 Å². The van der Waals surface area contributed by atoms with Gasteiger partial charge in [0.25, 0.3) is 5.91 Å². The molecule has 34 heavy (non-hydrogen) atoms. The lowest BCUT2D eigenvalue weighted by molar-refractivity contribution is -0.151. The number of anilines is 1. The molecule has 4 rings (SSSR count). The Morgan fingerprint density at radius 2 is 1.97 bits per heavy atom. The number of benzene rings is 1. The second kappa shape index (κ2) is 10.6. The molecule has 0 radical (unpaired) electrons. The normalized spacial score (nSPS) is 24.6. The number of hydrogen-bond acceptors (Lipinski definition) is 7. The van der Waals surface area contributed by atoms with E-state index in [4.69, 9.17) is 16.2 Å². The molecule has 8 nitrogen and oxygen atoms in total. The Balaban J connectivity index is 1.58. The predicted octanol–water partition coefficient (Wildman–Crippen LogP) is 3.16. The fourth-order valence-corrected chi connectivity index (χ4v) is 4.77. The maximum Gasteiger partial charge on any atom is 0.278 e. The van der Waals surface area contributed by atoms with Gasteiger partial charge in [0.15, 0.2) is 5.70 Å². The number of aromatic nitrogens is 1. The summed E-state index contributed by atoms with van der Waals surface area (Å²) in [5, 5.41) is 13.6. The van der Waals surface area contributed by atoms with Crippen LogP contribution in [0.5, 0.6) is 0 Å². The van der Waals surface area contributed by atoms with E-state index >= 15 is 0 Å². The van der Waals surface area contributed by atoms with Gasteiger partial charge in [-0.05, 0) is 25.0 Å². The van der Waals surface area contributed by atoms with Gasteiger partial charge in [0.2, 0.25) is 0 Å². The fourth-order valence-electron chi connectivity index (χ4n) is 4.77. The summed E-state index contributed by atoms with van der Waals surface area (Å²) in [6, 6.07) is 11.1. The van der Waals surface area contributed by atoms with Crippen molar-refractivity contribution >= 4 is 17.3 Å². The number of nitrogens with one attached hydrogen (secondary N) is 1. The molecule has 178 valence electrons. The number of fused-ring (bicyclic) bond motifs is 1. The van der Waals surface area contributed by atoms with Crippen molar-refractivity contribution in [3.05, 3.63) is 84.1 Å². The molecule has 1 aromatic heterocycles. The summed E-state index contributed by atoms with van der Waals surface area (Å²) < 4.78 is 6.38. The predicted molar refractivity (Wildman–Crippen MR) is 132 cm³/mol. The second-order valence-electron chi connectivity index (χ2n) is 8.70. The van der Waals surface area contributed by atoms with E-state index in [1.165, 1.54) is 0 Å². The molecule has 1 aliphatic carbocycles. The number of rotatable bonds is 6. The number of ether oxygens (including phenoxy) is 1. The van der Waals surface area contributed by atoms with Crippen molar-refractivity contribution in [1.82, 2.24) is 4.98 Å². The van der Waals surface area contributed by atoms with E-state index in [0.717, 1.165) is 36.8 Å². The van der Waals surface area contributed by atoms with E-state index in [1.807, 2.05) is 30.3 Å². The highest BCUT2D eigenvalue weighted by molar-refractivity contribution is 6.12. The van der Waals surface area contributed by atoms with Crippen molar-refractivity contribution in [3.8, 4) is 0 Å². The van der Waals surface area contributed by atoms with Crippen LogP contribution in [0, 0.1) is 5.92 Å². The number of carbonyl (C=O) groups is 1. The maximum atomic E-state index is 13.2. The molecule has 1 aromatic carbocycles. The summed E-state index contributed by atoms with van der Waals surface area (Å²) in [6.45, 7) is 3.79. The van der Waals surface area contributed by atoms with E-state index in [9.17, 15) is 9.90 Å². The third kappa shape index (κ3) is 5.18. The zero-order valence-electron chi connectivity index (χ0n) is 19.1. The Kier molecular flexibility index (Phi) is 7.40. The lowest BCUT2D eigenvalue weighted by atomic mass is 9.78. The van der Waals surface area contributed by atoms with Crippen LogP contribution in [0.1, 0.15) is 49.3 Å². The number of aliphatic hydroxyl groups is 1. The van der Waals surface area contributed by atoms with Gasteiger partial charge >= 0.3 is 0 Å². The van der Waals surface area contributed by atoms with Crippen molar-refractivity contribution in [1.29, 1.82) is 0 Å². The second-order valence-corrected chi connectivity index (χ2v) is 8.70. The molecule has 1 saturated carbocycles. The molecule has 0 unspecified atom stereocenters. The monoisotopic (exact) mass is 461 g/mol. The highest BCUT2D eigenvalue weighted by atomic mass is 16.5. The number of hydrogen-bond donors (Lipinski definition) is 4. The molecule has 2 aliphatic rings. The number of carbonyl (C=O) groups excluding carboxylic acids is 1. The molecule has 2 aromatic rings. The lowest BCUT2D eigenvalue weighted by Gasteiger charge is -2.43. The minimum atomic E-state index is -0.573. The summed E-state index contributed by atoms with van der Waals surface area (Å²) in [6.07, 6.45) is 8.54. The maximum absolute atomic E-state index is 13.2. The molecule has 6 N–H and O–H groups in total. The van der Waals surface area contributed by atoms with E-state index in [1.54, 1.807) is 24.5 Å². The molecule has 0 spiro atoms. The standard InChI is InChI=1S/C26H31N5O3/c1-2-19(16-8-4-3-5-9-16)30-24(25(27)28)26(33)31-20-15-29-13-12-17(20)23-14-21(32)18-10-6-7-11-22(18)34-23/h2-5,8-9,12-13,15,18,21-23,32H,1,6-7,10-11,14,27-28H2,(H,31,33)/b30-19+/t18-,21-,22-,23-/m1/s1. The number of aliphatic hydroxyl groups excluding tert-OH is 1. The molecule has 0 bridgehead atoms. The first kappa shape index (κ1) is 23.7. The van der Waals surface area contributed by atoms with Gasteiger partial charge in [-0.3, -0.25) is 9.78 Å². The first-order chi connectivity index (χ1) is 16.5. The third-order valence-electron chi connectivity index (χ3n) is 6.48. The molecule has 2 fully saturated rings. The van der Waals surface area contributed by atoms with Gasteiger partial charge in [-0.2, -0.15) is 0 Å². The molecule has 4 atom stereocenters. The van der Waals surface area contributed by atoms with E-state index in [0.29, 0.717) is 17.8 Å². The Bertz CT molecular complexity index is 1090. The zero-order valence-corrected chi connectivity index (χ0v) is 19.1. The lowest BCUT2D eigenvalue weighted by Crippen LogP contribution is -2.43. The van der Waals surface area contributed by atoms with Gasteiger partial charge in [0, 0.05) is 29.7 Å². The number of amides is 1. The quantitative estimate of drug-likeness (QED) is 0.385. The topological polar surface area (TPSA) is 136 Å². The average molecular weight is 462 g/mol. The van der Waals surface area contributed by atoms with Crippen LogP contribution < -0.4 is 16.8 Å². The van der Waals surface area contributed by atoms with Gasteiger partial charge in [-0.15, -0.1) is 0 Å². The van der Waals surface area contributed by atoms with Crippen molar-refractivity contribution in [3.63, 3.8) is 0 Å². The Morgan fingerprint density at radius 3 is 2.71 bits per heavy atom. The van der Waals surface area contributed by atoms with Crippen molar-refractivity contribution in [2.24, 2.45) is 22.4 Å². The van der Waals surface area contributed by atoms with Crippen LogP contribution in [0.25, 0.3) is 0 Å². The molecule has 1 saturated heterocycles. The highest BCUT2D eigenvalue weighted by Gasteiger charge is 2.40. The number of nitrogens with two attached hydrogens (primary N) is 2. The van der Waals surface area contributed by atoms with Crippen molar-refractivity contribution in [2.75, 3.05) is 5.32 Å². The van der Waals surface area contributed by atoms with E-state index in [-0.39, 0.29) is 29.6 Å². The van der Waals surface area contributed by atoms with Crippen LogP contribution in [0.3, 0.4) is 0 Å². The van der Waals surface area contributed by atoms with Crippen LogP contribution in [0.4, 0.5) is 5.69 Å². The SMILES string of the molecule is C=C/C(=N\C(C(=O)Nc1cnccc1[C@H]1C[C@@H](O)[C@H]2CCCC[C@H]2O1)=C(N)N)c1ccccc1. The molecule has 2 heterocycles. The average Bonchev–Trinajstić information content (AvgIpc) is 2.85. The van der Waals surface area contributed by atoms with Crippen LogP contribution in [0.15, 0.2) is 78.0 Å². The smallest absolute Gasteiger partial charge is 0.278 e. The number of pyridine rings is 1. The molecule has 8 heteroatoms. The molecular weight excluding hydrogens is 430 g/mol. The van der Waals surface area contributed by atoms with E-state index < -0.39 is 12.0 Å². The van der Waals surface area contributed by atoms with E-state index in [2.05, 4.69) is 21.9 Å². The third-order valence-corrected chi connectivity index (χ3v) is 6.48. The van der Waals surface area contributed by atoms with Crippen LogP contribution in [0.2, 0.25) is 0 Å². The van der Waals surface area contributed by atoms with Gasteiger partial charge in [-0.25, -0.2) is 4.99 Å². The minimum absolute atomic E-state index is 0.0139. The van der Waals surface area contributed by atoms with Gasteiger partial charge in [-0.1, -0.05) is 49.8 Å². The summed E-state index contributed by atoms with van der Waals surface area (Å²) in [5.74, 6) is -0.620. The summed E-state index contributed by atoms with van der Waals surface area (Å²) in [7, 11) is 0. The summed E-state index contributed by atoms with van der Waals surface area (Å²) in [4.78, 5) is 21.7. The number of aliphatic imine (C=N–C) groups is 1. The van der Waals surface area contributed by atoms with Crippen LogP contribution in [-0.2, 0) is 9.53 Å². The van der Waals surface area contributed by atoms with Gasteiger partial charge in [0.1, 0.15) is 5.82 Å². The van der Waals surface area contributed by atoms with Gasteiger partial charge in [0.05, 0.1) is 35.9 Å².